The first-order valence-corrected chi connectivity index (χ1v) is 35.6. The van der Waals surface area contributed by atoms with Gasteiger partial charge in [0.1, 0.15) is 13.2 Å². The molecule has 0 saturated heterocycles. The maximum absolute atomic E-state index is 13.0. The van der Waals surface area contributed by atoms with E-state index in [-0.39, 0.29) is 32.2 Å². The summed E-state index contributed by atoms with van der Waals surface area (Å²) in [6.45, 7) is 4.64. The van der Waals surface area contributed by atoms with E-state index in [2.05, 4.69) is 172 Å². The van der Waals surface area contributed by atoms with Crippen LogP contribution in [-0.4, -0.2) is 87.4 Å². The molecule has 0 aliphatic rings. The number of hydrogen-bond donors (Lipinski definition) is 1. The minimum atomic E-state index is -1.52. The van der Waals surface area contributed by atoms with E-state index in [1.165, 1.54) is 109 Å². The van der Waals surface area contributed by atoms with Crippen LogP contribution in [0.25, 0.3) is 0 Å². The summed E-state index contributed by atoms with van der Waals surface area (Å²) in [5.41, 5.74) is 0. The third kappa shape index (κ3) is 70.2. The van der Waals surface area contributed by atoms with Crippen molar-refractivity contribution in [3.05, 3.63) is 158 Å². The molecule has 0 bridgehead atoms. The van der Waals surface area contributed by atoms with E-state index in [1.807, 2.05) is 21.1 Å². The second-order valence-corrected chi connectivity index (χ2v) is 24.4. The molecular formula is C80H132NO8+. The van der Waals surface area contributed by atoms with Crippen LogP contribution in [0.2, 0.25) is 0 Å². The fourth-order valence-corrected chi connectivity index (χ4v) is 9.41. The number of carbonyl (C=O) groups is 3. The molecule has 0 amide bonds. The summed E-state index contributed by atoms with van der Waals surface area (Å²) in [6, 6.07) is 0. The van der Waals surface area contributed by atoms with E-state index < -0.39 is 24.3 Å². The van der Waals surface area contributed by atoms with Crippen molar-refractivity contribution in [1.82, 2.24) is 0 Å². The van der Waals surface area contributed by atoms with E-state index in [1.54, 1.807) is 0 Å². The maximum atomic E-state index is 13.0. The number of likely N-dealkylation sites (N-methyl/N-ethyl adjacent to an activating group) is 1. The molecule has 1 N–H and O–H groups in total. The number of nitrogens with zero attached hydrogens (tertiary/aromatic N) is 1. The van der Waals surface area contributed by atoms with Crippen molar-refractivity contribution in [3.63, 3.8) is 0 Å². The van der Waals surface area contributed by atoms with Gasteiger partial charge in [0.2, 0.25) is 0 Å². The number of unbranched alkanes of at least 4 members (excludes halogenated alkanes) is 23. The molecule has 0 aromatic rings. The molecule has 2 atom stereocenters. The standard InChI is InChI=1S/C80H131NO8/c1-6-8-10-12-14-16-18-20-22-24-26-28-30-32-34-36-38-39-41-42-44-46-48-50-52-54-56-58-60-62-64-66-68-70-77(82)87-74-76(75-88-80(79(84)85)86-73-72-81(3,4)5)89-78(83)71-69-67-65-63-61-59-57-55-53-51-49-47-45-43-40-37-35-33-31-29-27-25-23-21-19-17-15-13-11-9-7-2/h8-11,14-17,20-23,26-29,32-35,38-40,43,47,49,76,80H,6-7,12-13,18-19,24-25,30-31,36-37,41-42,44-46,48,50-75H2,1-5H3/p+1/b10-8-,11-9-,16-14-,17-15-,22-20-,23-21-,28-26-,29-27-,34-32-,35-33-,39-38-,43-40-,49-47-. The zero-order valence-electron chi connectivity index (χ0n) is 57.5. The smallest absolute Gasteiger partial charge is 0.361 e. The van der Waals surface area contributed by atoms with Crippen LogP contribution in [0, 0.1) is 0 Å². The van der Waals surface area contributed by atoms with Crippen molar-refractivity contribution in [2.24, 2.45) is 0 Å². The van der Waals surface area contributed by atoms with Crippen LogP contribution >= 0.6 is 0 Å². The van der Waals surface area contributed by atoms with Gasteiger partial charge in [0.25, 0.3) is 6.29 Å². The van der Waals surface area contributed by atoms with Crippen molar-refractivity contribution >= 4 is 17.9 Å². The highest BCUT2D eigenvalue weighted by molar-refractivity contribution is 5.71. The van der Waals surface area contributed by atoms with Crippen LogP contribution in [0.5, 0.6) is 0 Å². The lowest BCUT2D eigenvalue weighted by Gasteiger charge is -2.25. The molecule has 0 aliphatic heterocycles. The van der Waals surface area contributed by atoms with Crippen molar-refractivity contribution < 1.29 is 42.9 Å². The highest BCUT2D eigenvalue weighted by Crippen LogP contribution is 2.16. The molecule has 0 radical (unpaired) electrons. The predicted octanol–water partition coefficient (Wildman–Crippen LogP) is 22.5. The van der Waals surface area contributed by atoms with Gasteiger partial charge in [-0.05, 0) is 122 Å². The summed E-state index contributed by atoms with van der Waals surface area (Å²) in [5.74, 6) is -2.02. The average Bonchev–Trinajstić information content (AvgIpc) is 3.64. The minimum Gasteiger partial charge on any atom is -0.477 e. The van der Waals surface area contributed by atoms with Crippen LogP contribution in [-0.2, 0) is 33.3 Å². The van der Waals surface area contributed by atoms with Crippen LogP contribution in [0.4, 0.5) is 0 Å². The lowest BCUT2D eigenvalue weighted by atomic mass is 10.0. The van der Waals surface area contributed by atoms with Crippen LogP contribution < -0.4 is 0 Å². The average molecular weight is 1240 g/mol. The third-order valence-corrected chi connectivity index (χ3v) is 14.8. The van der Waals surface area contributed by atoms with Gasteiger partial charge in [0, 0.05) is 12.8 Å². The molecular weight excluding hydrogens is 1100 g/mol. The number of quaternary nitrogens is 1. The Morgan fingerprint density at radius 1 is 0.337 bits per heavy atom. The van der Waals surface area contributed by atoms with Gasteiger partial charge in [-0.15, -0.1) is 0 Å². The van der Waals surface area contributed by atoms with Gasteiger partial charge in [0.05, 0.1) is 34.4 Å². The number of aliphatic carboxylic acids is 1. The Hall–Kier alpha value is -5.09. The molecule has 0 heterocycles. The number of carboxylic acids is 1. The Labute approximate surface area is 546 Å². The van der Waals surface area contributed by atoms with Gasteiger partial charge in [0.15, 0.2) is 6.10 Å². The minimum absolute atomic E-state index is 0.179. The lowest BCUT2D eigenvalue weighted by Crippen LogP contribution is -2.40. The number of hydrogen-bond acceptors (Lipinski definition) is 7. The molecule has 0 spiro atoms. The molecule has 504 valence electrons. The van der Waals surface area contributed by atoms with Gasteiger partial charge in [-0.3, -0.25) is 9.59 Å². The summed E-state index contributed by atoms with van der Waals surface area (Å²) in [4.78, 5) is 37.7. The van der Waals surface area contributed by atoms with E-state index in [4.69, 9.17) is 18.9 Å². The van der Waals surface area contributed by atoms with Crippen molar-refractivity contribution in [2.75, 3.05) is 47.5 Å². The van der Waals surface area contributed by atoms with Gasteiger partial charge in [-0.25, -0.2) is 4.79 Å². The second kappa shape index (κ2) is 68.8. The molecule has 9 nitrogen and oxygen atoms in total. The van der Waals surface area contributed by atoms with Gasteiger partial charge >= 0.3 is 17.9 Å². The molecule has 0 saturated carbocycles. The highest BCUT2D eigenvalue weighted by Gasteiger charge is 2.25. The van der Waals surface area contributed by atoms with Crippen LogP contribution in [0.3, 0.4) is 0 Å². The summed E-state index contributed by atoms with van der Waals surface area (Å²) < 4.78 is 23.0. The lowest BCUT2D eigenvalue weighted by molar-refractivity contribution is -0.870. The second-order valence-electron chi connectivity index (χ2n) is 24.4. The number of allylic oxidation sites excluding steroid dienone is 26. The Balaban J connectivity index is 4.17. The molecule has 89 heavy (non-hydrogen) atoms. The SMILES string of the molecule is CC/C=C\C/C=C\C/C=C\C/C=C\C/C=C\C/C=C\C/C=C\CCCCCCCCCCCC(=O)OC(COC(=O)CCCCCCCCCCCCCCCC/C=C\C/C=C\C/C=C\C/C=C\C/C=C\C/C=C\CC)COC(OCC[N+](C)(C)C)C(=O)O. The summed E-state index contributed by atoms with van der Waals surface area (Å²) in [6.07, 6.45) is 99.2. The molecule has 0 aliphatic carbocycles. The fourth-order valence-electron chi connectivity index (χ4n) is 9.41. The zero-order valence-corrected chi connectivity index (χ0v) is 57.5. The topological polar surface area (TPSA) is 108 Å². The first-order valence-electron chi connectivity index (χ1n) is 35.6. The first-order chi connectivity index (χ1) is 43.6. The highest BCUT2D eigenvalue weighted by atomic mass is 16.7. The number of carbonyl (C=O) groups excluding carboxylic acids is 2. The van der Waals surface area contributed by atoms with Crippen molar-refractivity contribution in [1.29, 1.82) is 0 Å². The fraction of sp³-hybridized carbons (Fsp3) is 0.637. The number of esters is 2. The Morgan fingerprint density at radius 3 is 0.899 bits per heavy atom. The van der Waals surface area contributed by atoms with Crippen molar-refractivity contribution in [3.8, 4) is 0 Å². The zero-order chi connectivity index (χ0) is 64.7. The Morgan fingerprint density at radius 2 is 0.607 bits per heavy atom. The largest absolute Gasteiger partial charge is 0.477 e. The van der Waals surface area contributed by atoms with E-state index in [0.717, 1.165) is 128 Å². The molecule has 0 fully saturated rings. The Kier molecular flexibility index (Phi) is 64.9. The summed E-state index contributed by atoms with van der Waals surface area (Å²) in [5, 5.41) is 9.76. The van der Waals surface area contributed by atoms with Crippen LogP contribution in [0.1, 0.15) is 271 Å². The number of carboxylic acid groups (broad SMARTS) is 1. The summed E-state index contributed by atoms with van der Waals surface area (Å²) in [7, 11) is 5.97. The van der Waals surface area contributed by atoms with Crippen molar-refractivity contribution in [2.45, 2.75) is 283 Å². The van der Waals surface area contributed by atoms with E-state index >= 15 is 0 Å². The quantitative estimate of drug-likeness (QED) is 0.0211. The van der Waals surface area contributed by atoms with E-state index in [9.17, 15) is 19.5 Å². The number of rotatable bonds is 64. The van der Waals surface area contributed by atoms with E-state index in [0.29, 0.717) is 23.9 Å². The summed E-state index contributed by atoms with van der Waals surface area (Å²) >= 11 is 0. The number of ether oxygens (including phenoxy) is 4. The molecule has 2 unspecified atom stereocenters. The van der Waals surface area contributed by atoms with Crippen LogP contribution in [0.15, 0.2) is 158 Å². The monoisotopic (exact) mass is 1230 g/mol. The third-order valence-electron chi connectivity index (χ3n) is 14.8. The van der Waals surface area contributed by atoms with Gasteiger partial charge in [-0.2, -0.15) is 0 Å². The van der Waals surface area contributed by atoms with Gasteiger partial charge < -0.3 is 28.5 Å². The maximum Gasteiger partial charge on any atom is 0.361 e. The molecule has 0 aromatic heterocycles. The van der Waals surface area contributed by atoms with Gasteiger partial charge in [-0.1, -0.05) is 294 Å². The molecule has 0 aromatic carbocycles. The molecule has 9 heteroatoms. The normalized spacial score (nSPS) is 13.7. The molecule has 0 rings (SSSR count). The Bertz CT molecular complexity index is 2020. The predicted molar refractivity (Wildman–Crippen MR) is 382 cm³/mol. The first kappa shape index (κ1) is 83.9.